The third-order valence-corrected chi connectivity index (χ3v) is 1.47. The van der Waals surface area contributed by atoms with E-state index in [1.807, 2.05) is 0 Å². The standard InChI is InChI=1S/C7H12O6/c8-4(1-2-6(10)11)3-5(9)7(12)13/h4-5,8-9H,1-3H2,(H,10,11)(H,12,13). The lowest BCUT2D eigenvalue weighted by Gasteiger charge is -2.10. The van der Waals surface area contributed by atoms with Gasteiger partial charge in [0.1, 0.15) is 0 Å². The fourth-order valence-corrected chi connectivity index (χ4v) is 0.766. The number of carboxylic acids is 2. The smallest absolute Gasteiger partial charge is 0.332 e. The first-order valence-electron chi connectivity index (χ1n) is 3.74. The molecule has 0 heterocycles. The first-order valence-corrected chi connectivity index (χ1v) is 3.74. The lowest BCUT2D eigenvalue weighted by Crippen LogP contribution is -2.25. The molecule has 0 radical (unpaired) electrons. The van der Waals surface area contributed by atoms with Crippen LogP contribution >= 0.6 is 0 Å². The maximum absolute atomic E-state index is 10.1. The van der Waals surface area contributed by atoms with Gasteiger partial charge in [0.25, 0.3) is 0 Å². The molecule has 13 heavy (non-hydrogen) atoms. The third kappa shape index (κ3) is 6.06. The summed E-state index contributed by atoms with van der Waals surface area (Å²) in [6.45, 7) is 0. The van der Waals surface area contributed by atoms with Crippen LogP contribution in [0.5, 0.6) is 0 Å². The Morgan fingerprint density at radius 2 is 1.69 bits per heavy atom. The first-order chi connectivity index (χ1) is 5.93. The Kier molecular flexibility index (Phi) is 5.01. The van der Waals surface area contributed by atoms with Crippen molar-refractivity contribution >= 4 is 11.9 Å². The molecular weight excluding hydrogens is 180 g/mol. The number of hydrogen-bond acceptors (Lipinski definition) is 4. The average molecular weight is 192 g/mol. The van der Waals surface area contributed by atoms with E-state index in [1.54, 1.807) is 0 Å². The Labute approximate surface area is 74.4 Å². The van der Waals surface area contributed by atoms with E-state index >= 15 is 0 Å². The fraction of sp³-hybridized carbons (Fsp3) is 0.714. The SMILES string of the molecule is O=C(O)CCC(O)CC(O)C(=O)O. The Hall–Kier alpha value is -1.14. The van der Waals surface area contributed by atoms with Gasteiger partial charge in [0.2, 0.25) is 0 Å². The van der Waals surface area contributed by atoms with Crippen molar-refractivity contribution in [2.75, 3.05) is 0 Å². The number of aliphatic hydroxyl groups is 2. The summed E-state index contributed by atoms with van der Waals surface area (Å²) in [4.78, 5) is 20.1. The summed E-state index contributed by atoms with van der Waals surface area (Å²) < 4.78 is 0. The van der Waals surface area contributed by atoms with E-state index in [2.05, 4.69) is 0 Å². The Morgan fingerprint density at radius 1 is 1.15 bits per heavy atom. The highest BCUT2D eigenvalue weighted by molar-refractivity contribution is 5.71. The normalized spacial score (nSPS) is 14.9. The molecule has 2 atom stereocenters. The van der Waals surface area contributed by atoms with Crippen LogP contribution in [-0.4, -0.2) is 44.6 Å². The van der Waals surface area contributed by atoms with Crippen LogP contribution in [0.2, 0.25) is 0 Å². The summed E-state index contributed by atoms with van der Waals surface area (Å²) in [6.07, 6.45) is -3.37. The minimum absolute atomic E-state index is 0.0559. The summed E-state index contributed by atoms with van der Waals surface area (Å²) in [6, 6.07) is 0. The number of rotatable bonds is 6. The second kappa shape index (κ2) is 5.50. The third-order valence-electron chi connectivity index (χ3n) is 1.47. The molecule has 0 rings (SSSR count). The lowest BCUT2D eigenvalue weighted by atomic mass is 10.1. The van der Waals surface area contributed by atoms with E-state index in [9.17, 15) is 9.59 Å². The zero-order chi connectivity index (χ0) is 10.4. The van der Waals surface area contributed by atoms with Gasteiger partial charge in [0, 0.05) is 12.8 Å². The van der Waals surface area contributed by atoms with Crippen molar-refractivity contribution in [2.45, 2.75) is 31.5 Å². The zero-order valence-electron chi connectivity index (χ0n) is 6.88. The van der Waals surface area contributed by atoms with E-state index in [1.165, 1.54) is 0 Å². The molecule has 0 bridgehead atoms. The summed E-state index contributed by atoms with van der Waals surface area (Å²) in [5, 5.41) is 34.2. The molecule has 0 aliphatic heterocycles. The van der Waals surface area contributed by atoms with Gasteiger partial charge in [-0.1, -0.05) is 0 Å². The summed E-state index contributed by atoms with van der Waals surface area (Å²) in [7, 11) is 0. The van der Waals surface area contributed by atoms with Crippen LogP contribution in [0, 0.1) is 0 Å². The molecular formula is C7H12O6. The molecule has 0 amide bonds. The van der Waals surface area contributed by atoms with Gasteiger partial charge < -0.3 is 20.4 Å². The molecule has 0 spiro atoms. The van der Waals surface area contributed by atoms with Gasteiger partial charge in [-0.3, -0.25) is 4.79 Å². The molecule has 0 saturated carbocycles. The highest BCUT2D eigenvalue weighted by Crippen LogP contribution is 2.05. The molecule has 0 aliphatic rings. The molecule has 0 aliphatic carbocycles. The first kappa shape index (κ1) is 11.9. The van der Waals surface area contributed by atoms with Gasteiger partial charge in [-0.25, -0.2) is 4.79 Å². The topological polar surface area (TPSA) is 115 Å². The maximum atomic E-state index is 10.1. The van der Waals surface area contributed by atoms with Gasteiger partial charge in [-0.2, -0.15) is 0 Å². The van der Waals surface area contributed by atoms with Crippen LogP contribution in [0.1, 0.15) is 19.3 Å². The summed E-state index contributed by atoms with van der Waals surface area (Å²) in [5.41, 5.74) is 0. The van der Waals surface area contributed by atoms with Crippen molar-refractivity contribution in [2.24, 2.45) is 0 Å². The highest BCUT2D eigenvalue weighted by Gasteiger charge is 2.18. The van der Waals surface area contributed by atoms with Gasteiger partial charge in [0.05, 0.1) is 6.10 Å². The Balaban J connectivity index is 3.67. The van der Waals surface area contributed by atoms with E-state index in [0.717, 1.165) is 0 Å². The molecule has 0 aromatic rings. The molecule has 6 heteroatoms. The molecule has 76 valence electrons. The van der Waals surface area contributed by atoms with Crippen molar-refractivity contribution < 1.29 is 30.0 Å². The average Bonchev–Trinajstić information content (AvgIpc) is 2.00. The maximum Gasteiger partial charge on any atom is 0.332 e. The van der Waals surface area contributed by atoms with Crippen molar-refractivity contribution in [1.29, 1.82) is 0 Å². The molecule has 4 N–H and O–H groups in total. The Morgan fingerprint density at radius 3 is 2.08 bits per heavy atom. The second-order valence-electron chi connectivity index (χ2n) is 2.68. The van der Waals surface area contributed by atoms with Gasteiger partial charge in [-0.05, 0) is 6.42 Å². The zero-order valence-corrected chi connectivity index (χ0v) is 6.88. The summed E-state index contributed by atoms with van der Waals surface area (Å²) >= 11 is 0. The number of carboxylic acid groups (broad SMARTS) is 2. The van der Waals surface area contributed by atoms with E-state index in [0.29, 0.717) is 0 Å². The molecule has 0 aromatic carbocycles. The number of carbonyl (C=O) groups is 2. The van der Waals surface area contributed by atoms with E-state index < -0.39 is 24.1 Å². The van der Waals surface area contributed by atoms with Crippen LogP contribution in [0.3, 0.4) is 0 Å². The van der Waals surface area contributed by atoms with Crippen LogP contribution < -0.4 is 0 Å². The molecule has 2 unspecified atom stereocenters. The lowest BCUT2D eigenvalue weighted by molar-refractivity contribution is -0.148. The van der Waals surface area contributed by atoms with Crippen LogP contribution in [0.15, 0.2) is 0 Å². The van der Waals surface area contributed by atoms with Crippen molar-refractivity contribution in [3.05, 3.63) is 0 Å². The molecule has 6 nitrogen and oxygen atoms in total. The molecule has 0 aromatic heterocycles. The highest BCUT2D eigenvalue weighted by atomic mass is 16.4. The summed E-state index contributed by atoms with van der Waals surface area (Å²) in [5.74, 6) is -2.49. The van der Waals surface area contributed by atoms with Crippen LogP contribution in [-0.2, 0) is 9.59 Å². The monoisotopic (exact) mass is 192 g/mol. The van der Waals surface area contributed by atoms with E-state index in [4.69, 9.17) is 20.4 Å². The predicted molar refractivity (Wildman–Crippen MR) is 41.1 cm³/mol. The second-order valence-corrected chi connectivity index (χ2v) is 2.68. The van der Waals surface area contributed by atoms with Crippen LogP contribution in [0.25, 0.3) is 0 Å². The van der Waals surface area contributed by atoms with E-state index in [-0.39, 0.29) is 19.3 Å². The predicted octanol–water partition coefficient (Wildman–Crippen LogP) is -0.952. The largest absolute Gasteiger partial charge is 0.481 e. The molecule has 0 fully saturated rings. The van der Waals surface area contributed by atoms with Gasteiger partial charge in [0.15, 0.2) is 6.10 Å². The Bertz CT molecular complexity index is 189. The van der Waals surface area contributed by atoms with Gasteiger partial charge in [-0.15, -0.1) is 0 Å². The minimum Gasteiger partial charge on any atom is -0.481 e. The molecule has 0 saturated heterocycles. The number of aliphatic hydroxyl groups excluding tert-OH is 2. The van der Waals surface area contributed by atoms with Crippen molar-refractivity contribution in [3.63, 3.8) is 0 Å². The quantitative estimate of drug-likeness (QED) is 0.431. The fourth-order valence-electron chi connectivity index (χ4n) is 0.766. The number of hydrogen-bond donors (Lipinski definition) is 4. The van der Waals surface area contributed by atoms with Crippen molar-refractivity contribution in [1.82, 2.24) is 0 Å². The van der Waals surface area contributed by atoms with Crippen molar-refractivity contribution in [3.8, 4) is 0 Å². The minimum atomic E-state index is -1.64. The van der Waals surface area contributed by atoms with Crippen LogP contribution in [0.4, 0.5) is 0 Å². The van der Waals surface area contributed by atoms with Gasteiger partial charge >= 0.3 is 11.9 Å². The number of aliphatic carboxylic acids is 2.